The normalized spacial score (nSPS) is 14.7. The number of carboxylic acid groups (broad SMARTS) is 1. The van der Waals surface area contributed by atoms with Gasteiger partial charge in [0.2, 0.25) is 0 Å². The van der Waals surface area contributed by atoms with Gasteiger partial charge in [0.1, 0.15) is 6.10 Å². The molecular weight excluding hydrogens is 186 g/mol. The lowest BCUT2D eigenvalue weighted by molar-refractivity contribution is -0.141. The van der Waals surface area contributed by atoms with Gasteiger partial charge in [-0.15, -0.1) is 0 Å². The van der Waals surface area contributed by atoms with Gasteiger partial charge >= 0.3 is 5.97 Å². The second-order valence-corrected chi connectivity index (χ2v) is 2.90. The summed E-state index contributed by atoms with van der Waals surface area (Å²) in [6.07, 6.45) is -0.0949. The van der Waals surface area contributed by atoms with Crippen LogP contribution in [-0.2, 0) is 4.79 Å². The Morgan fingerprint density at radius 2 is 2.21 bits per heavy atom. The van der Waals surface area contributed by atoms with Gasteiger partial charge in [0, 0.05) is 18.0 Å². The molecule has 3 N–H and O–H groups in total. The first-order chi connectivity index (χ1) is 6.61. The summed E-state index contributed by atoms with van der Waals surface area (Å²) in [5, 5.41) is 27.2. The fourth-order valence-electron chi connectivity index (χ4n) is 1.06. The van der Waals surface area contributed by atoms with Gasteiger partial charge in [-0.1, -0.05) is 6.07 Å². The van der Waals surface area contributed by atoms with Gasteiger partial charge in [-0.2, -0.15) is 0 Å². The van der Waals surface area contributed by atoms with Gasteiger partial charge in [0.25, 0.3) is 0 Å². The maximum Gasteiger partial charge on any atom is 0.306 e. The molecule has 1 heterocycles. The smallest absolute Gasteiger partial charge is 0.306 e. The zero-order chi connectivity index (χ0) is 10.6. The van der Waals surface area contributed by atoms with Crippen molar-refractivity contribution in [3.8, 4) is 0 Å². The SMILES string of the molecule is O=C(O)CC(O)C(O)c1cccnc1. The van der Waals surface area contributed by atoms with Crippen LogP contribution in [0.5, 0.6) is 0 Å². The average Bonchev–Trinajstić information content (AvgIpc) is 2.17. The van der Waals surface area contributed by atoms with Crippen LogP contribution >= 0.6 is 0 Å². The number of hydrogen-bond donors (Lipinski definition) is 3. The van der Waals surface area contributed by atoms with Crippen LogP contribution in [0.4, 0.5) is 0 Å². The molecule has 2 atom stereocenters. The molecule has 0 aliphatic rings. The van der Waals surface area contributed by atoms with Crippen molar-refractivity contribution in [2.45, 2.75) is 18.6 Å². The number of aliphatic hydroxyl groups excluding tert-OH is 2. The summed E-state index contributed by atoms with van der Waals surface area (Å²) in [6, 6.07) is 3.18. The molecule has 0 fully saturated rings. The van der Waals surface area contributed by atoms with Crippen molar-refractivity contribution < 1.29 is 20.1 Å². The number of rotatable bonds is 4. The zero-order valence-electron chi connectivity index (χ0n) is 7.37. The molecule has 14 heavy (non-hydrogen) atoms. The number of carbonyl (C=O) groups is 1. The van der Waals surface area contributed by atoms with Gasteiger partial charge in [-0.05, 0) is 6.07 Å². The van der Waals surface area contributed by atoms with Crippen LogP contribution in [0.25, 0.3) is 0 Å². The van der Waals surface area contributed by atoms with Crippen LogP contribution in [0.2, 0.25) is 0 Å². The third-order valence-corrected chi connectivity index (χ3v) is 1.77. The number of carboxylic acids is 1. The van der Waals surface area contributed by atoms with Crippen molar-refractivity contribution in [2.24, 2.45) is 0 Å². The minimum absolute atomic E-state index is 0.404. The number of aliphatic carboxylic acids is 1. The monoisotopic (exact) mass is 197 g/mol. The van der Waals surface area contributed by atoms with Crippen LogP contribution in [-0.4, -0.2) is 32.4 Å². The Hall–Kier alpha value is -1.46. The molecule has 0 radical (unpaired) electrons. The molecule has 0 spiro atoms. The molecule has 76 valence electrons. The second-order valence-electron chi connectivity index (χ2n) is 2.90. The van der Waals surface area contributed by atoms with Crippen molar-refractivity contribution >= 4 is 5.97 Å². The van der Waals surface area contributed by atoms with Crippen molar-refractivity contribution in [1.82, 2.24) is 4.98 Å². The van der Waals surface area contributed by atoms with E-state index in [0.29, 0.717) is 5.56 Å². The van der Waals surface area contributed by atoms with E-state index in [1.165, 1.54) is 12.4 Å². The average molecular weight is 197 g/mol. The molecule has 0 bridgehead atoms. The summed E-state index contributed by atoms with van der Waals surface area (Å²) >= 11 is 0. The minimum Gasteiger partial charge on any atom is -0.481 e. The van der Waals surface area contributed by atoms with Gasteiger partial charge in [-0.3, -0.25) is 9.78 Å². The van der Waals surface area contributed by atoms with Crippen molar-refractivity contribution in [3.63, 3.8) is 0 Å². The molecule has 0 saturated carbocycles. The number of pyridine rings is 1. The standard InChI is InChI=1S/C9H11NO4/c11-7(4-8(12)13)9(14)6-2-1-3-10-5-6/h1-3,5,7,9,11,14H,4H2,(H,12,13). The van der Waals surface area contributed by atoms with E-state index in [-0.39, 0.29) is 0 Å². The molecular formula is C9H11NO4. The lowest BCUT2D eigenvalue weighted by Crippen LogP contribution is -2.21. The topological polar surface area (TPSA) is 90.7 Å². The highest BCUT2D eigenvalue weighted by Gasteiger charge is 2.20. The highest BCUT2D eigenvalue weighted by atomic mass is 16.4. The highest BCUT2D eigenvalue weighted by molar-refractivity contribution is 5.67. The van der Waals surface area contributed by atoms with Crippen LogP contribution in [0.3, 0.4) is 0 Å². The van der Waals surface area contributed by atoms with Crippen LogP contribution < -0.4 is 0 Å². The third kappa shape index (κ3) is 2.79. The molecule has 5 heteroatoms. The minimum atomic E-state index is -1.31. The van der Waals surface area contributed by atoms with Gasteiger partial charge in [-0.25, -0.2) is 0 Å². The van der Waals surface area contributed by atoms with Crippen molar-refractivity contribution in [1.29, 1.82) is 0 Å². The number of aromatic nitrogens is 1. The molecule has 0 aromatic carbocycles. The van der Waals surface area contributed by atoms with Gasteiger partial charge in [0.05, 0.1) is 12.5 Å². The zero-order valence-corrected chi connectivity index (χ0v) is 7.37. The first-order valence-corrected chi connectivity index (χ1v) is 4.09. The largest absolute Gasteiger partial charge is 0.481 e. The van der Waals surface area contributed by atoms with E-state index in [2.05, 4.69) is 4.98 Å². The number of aliphatic hydroxyl groups is 2. The molecule has 1 aromatic rings. The van der Waals surface area contributed by atoms with E-state index in [1.807, 2.05) is 0 Å². The van der Waals surface area contributed by atoms with E-state index in [9.17, 15) is 15.0 Å². The first kappa shape index (κ1) is 10.6. The highest BCUT2D eigenvalue weighted by Crippen LogP contribution is 2.17. The second kappa shape index (κ2) is 4.69. The van der Waals surface area contributed by atoms with Gasteiger partial charge in [0.15, 0.2) is 0 Å². The summed E-state index contributed by atoms with van der Waals surface area (Å²) in [4.78, 5) is 14.0. The van der Waals surface area contributed by atoms with Crippen molar-refractivity contribution in [2.75, 3.05) is 0 Å². The molecule has 5 nitrogen and oxygen atoms in total. The predicted octanol–water partition coefficient (Wildman–Crippen LogP) is -0.0494. The fourth-order valence-corrected chi connectivity index (χ4v) is 1.06. The Kier molecular flexibility index (Phi) is 3.55. The Balaban J connectivity index is 2.65. The van der Waals surface area contributed by atoms with E-state index in [1.54, 1.807) is 12.1 Å². The summed E-state index contributed by atoms with van der Waals surface area (Å²) in [5.41, 5.74) is 0.404. The molecule has 2 unspecified atom stereocenters. The lowest BCUT2D eigenvalue weighted by Gasteiger charge is -2.15. The lowest BCUT2D eigenvalue weighted by atomic mass is 10.0. The van der Waals surface area contributed by atoms with E-state index >= 15 is 0 Å². The van der Waals surface area contributed by atoms with Crippen LogP contribution in [0, 0.1) is 0 Å². The maximum absolute atomic E-state index is 10.3. The maximum atomic E-state index is 10.3. The molecule has 0 aliphatic heterocycles. The molecule has 1 aromatic heterocycles. The number of hydrogen-bond acceptors (Lipinski definition) is 4. The summed E-state index contributed by atoms with van der Waals surface area (Å²) in [7, 11) is 0. The Morgan fingerprint density at radius 3 is 2.71 bits per heavy atom. The summed E-state index contributed by atoms with van der Waals surface area (Å²) in [5.74, 6) is -1.15. The fraction of sp³-hybridized carbons (Fsp3) is 0.333. The number of nitrogens with zero attached hydrogens (tertiary/aromatic N) is 1. The van der Waals surface area contributed by atoms with E-state index < -0.39 is 24.6 Å². The molecule has 1 rings (SSSR count). The summed E-state index contributed by atoms with van der Waals surface area (Å²) < 4.78 is 0. The van der Waals surface area contributed by atoms with Crippen LogP contribution in [0.1, 0.15) is 18.1 Å². The van der Waals surface area contributed by atoms with Crippen molar-refractivity contribution in [3.05, 3.63) is 30.1 Å². The first-order valence-electron chi connectivity index (χ1n) is 4.09. The van der Waals surface area contributed by atoms with Crippen LogP contribution in [0.15, 0.2) is 24.5 Å². The van der Waals surface area contributed by atoms with E-state index in [0.717, 1.165) is 0 Å². The van der Waals surface area contributed by atoms with E-state index in [4.69, 9.17) is 5.11 Å². The Labute approximate surface area is 80.7 Å². The molecule has 0 aliphatic carbocycles. The Morgan fingerprint density at radius 1 is 1.50 bits per heavy atom. The predicted molar refractivity (Wildman–Crippen MR) is 47.5 cm³/mol. The van der Waals surface area contributed by atoms with Gasteiger partial charge < -0.3 is 15.3 Å². The summed E-state index contributed by atoms with van der Waals surface area (Å²) in [6.45, 7) is 0. The quantitative estimate of drug-likeness (QED) is 0.629. The Bertz CT molecular complexity index is 301. The molecule has 0 saturated heterocycles. The third-order valence-electron chi connectivity index (χ3n) is 1.77. The molecule has 0 amide bonds.